The van der Waals surface area contributed by atoms with Crippen LogP contribution in [0.3, 0.4) is 0 Å². The number of nitrogens with one attached hydrogen (secondary N) is 1. The van der Waals surface area contributed by atoms with Crippen molar-refractivity contribution in [3.8, 4) is 5.75 Å². The van der Waals surface area contributed by atoms with Gasteiger partial charge in [0.05, 0.1) is 30.0 Å². The Morgan fingerprint density at radius 2 is 2.14 bits per heavy atom. The minimum Gasteiger partial charge on any atom is -0.497 e. The first-order chi connectivity index (χ1) is 10.3. The van der Waals surface area contributed by atoms with Gasteiger partial charge in [0.15, 0.2) is 5.13 Å². The van der Waals surface area contributed by atoms with Crippen LogP contribution in [0.5, 0.6) is 5.75 Å². The molecule has 114 valence electrons. The van der Waals surface area contributed by atoms with Crippen molar-refractivity contribution in [3.05, 3.63) is 18.2 Å². The number of fused-ring (bicyclic) bond motifs is 1. The molecule has 0 aliphatic heterocycles. The van der Waals surface area contributed by atoms with E-state index in [1.54, 1.807) is 18.4 Å². The van der Waals surface area contributed by atoms with Gasteiger partial charge in [-0.2, -0.15) is 0 Å². The lowest BCUT2D eigenvalue weighted by molar-refractivity contribution is 0.0347. The lowest BCUT2D eigenvalue weighted by atomic mass is 9.98. The maximum atomic E-state index is 5.91. The minimum atomic E-state index is 0.472. The predicted octanol–water partition coefficient (Wildman–Crippen LogP) is 4.07. The zero-order valence-corrected chi connectivity index (χ0v) is 13.2. The van der Waals surface area contributed by atoms with Crippen molar-refractivity contribution >= 4 is 26.7 Å². The second-order valence-corrected chi connectivity index (χ2v) is 6.44. The number of anilines is 1. The highest BCUT2D eigenvalue weighted by molar-refractivity contribution is 7.22. The molecule has 1 fully saturated rings. The zero-order chi connectivity index (χ0) is 14.5. The van der Waals surface area contributed by atoms with Crippen LogP contribution in [0.2, 0.25) is 0 Å². The molecule has 4 nitrogen and oxygen atoms in total. The van der Waals surface area contributed by atoms with Crippen LogP contribution >= 0.6 is 11.3 Å². The van der Waals surface area contributed by atoms with Gasteiger partial charge in [0.1, 0.15) is 5.75 Å². The summed E-state index contributed by atoms with van der Waals surface area (Å²) in [5, 5.41) is 4.30. The fourth-order valence-electron chi connectivity index (χ4n) is 2.72. The molecule has 0 spiro atoms. The summed E-state index contributed by atoms with van der Waals surface area (Å²) in [6.45, 7) is 1.57. The normalized spacial score (nSPS) is 16.2. The van der Waals surface area contributed by atoms with Gasteiger partial charge < -0.3 is 14.8 Å². The maximum absolute atomic E-state index is 5.91. The number of hydrogen-bond donors (Lipinski definition) is 1. The highest BCUT2D eigenvalue weighted by atomic mass is 32.1. The lowest BCUT2D eigenvalue weighted by Gasteiger charge is -2.21. The van der Waals surface area contributed by atoms with Crippen molar-refractivity contribution in [1.29, 1.82) is 0 Å². The molecule has 5 heteroatoms. The molecule has 1 heterocycles. The van der Waals surface area contributed by atoms with E-state index in [0.29, 0.717) is 6.10 Å². The average molecular weight is 306 g/mol. The van der Waals surface area contributed by atoms with Gasteiger partial charge in [-0.1, -0.05) is 30.6 Å². The summed E-state index contributed by atoms with van der Waals surface area (Å²) >= 11 is 1.66. The number of rotatable bonds is 6. The van der Waals surface area contributed by atoms with Crippen LogP contribution < -0.4 is 10.1 Å². The van der Waals surface area contributed by atoms with Crippen LogP contribution in [0.25, 0.3) is 10.2 Å². The Balaban J connectivity index is 1.48. The third-order valence-corrected chi connectivity index (χ3v) is 4.86. The number of nitrogens with zero attached hydrogens (tertiary/aromatic N) is 1. The van der Waals surface area contributed by atoms with E-state index in [0.717, 1.165) is 34.2 Å². The quantitative estimate of drug-likeness (QED) is 0.817. The first-order valence-electron chi connectivity index (χ1n) is 7.65. The van der Waals surface area contributed by atoms with Crippen molar-refractivity contribution < 1.29 is 9.47 Å². The number of hydrogen-bond acceptors (Lipinski definition) is 5. The Morgan fingerprint density at radius 1 is 1.29 bits per heavy atom. The predicted molar refractivity (Wildman–Crippen MR) is 87.5 cm³/mol. The molecule has 0 amide bonds. The molecule has 0 saturated heterocycles. The zero-order valence-electron chi connectivity index (χ0n) is 12.4. The molecule has 0 unspecified atom stereocenters. The molecule has 1 saturated carbocycles. The first kappa shape index (κ1) is 14.6. The molecule has 1 aromatic carbocycles. The van der Waals surface area contributed by atoms with E-state index in [1.807, 2.05) is 18.2 Å². The fraction of sp³-hybridized carbons (Fsp3) is 0.562. The monoisotopic (exact) mass is 306 g/mol. The Morgan fingerprint density at radius 3 is 2.95 bits per heavy atom. The van der Waals surface area contributed by atoms with E-state index >= 15 is 0 Å². The number of aromatic nitrogens is 1. The molecule has 0 atom stereocenters. The largest absolute Gasteiger partial charge is 0.497 e. The summed E-state index contributed by atoms with van der Waals surface area (Å²) in [7, 11) is 1.68. The van der Waals surface area contributed by atoms with Gasteiger partial charge in [-0.05, 0) is 31.0 Å². The first-order valence-corrected chi connectivity index (χ1v) is 8.47. The summed E-state index contributed by atoms with van der Waals surface area (Å²) in [5.74, 6) is 0.873. The summed E-state index contributed by atoms with van der Waals surface area (Å²) in [6, 6.07) is 5.96. The highest BCUT2D eigenvalue weighted by Crippen LogP contribution is 2.29. The van der Waals surface area contributed by atoms with Crippen molar-refractivity contribution in [1.82, 2.24) is 4.98 Å². The van der Waals surface area contributed by atoms with E-state index < -0.39 is 0 Å². The molecule has 1 aromatic heterocycles. The number of thiazole rings is 1. The van der Waals surface area contributed by atoms with Crippen LogP contribution in [-0.4, -0.2) is 31.3 Å². The second kappa shape index (κ2) is 7.09. The molecule has 0 bridgehead atoms. The number of benzene rings is 1. The van der Waals surface area contributed by atoms with Crippen LogP contribution in [0.15, 0.2) is 18.2 Å². The van der Waals surface area contributed by atoms with Crippen molar-refractivity contribution in [2.75, 3.05) is 25.6 Å². The van der Waals surface area contributed by atoms with Gasteiger partial charge in [-0.15, -0.1) is 0 Å². The number of ether oxygens (including phenoxy) is 2. The van der Waals surface area contributed by atoms with Crippen LogP contribution in [0.4, 0.5) is 5.13 Å². The third-order valence-electron chi connectivity index (χ3n) is 3.88. The molecule has 21 heavy (non-hydrogen) atoms. The topological polar surface area (TPSA) is 43.4 Å². The van der Waals surface area contributed by atoms with E-state index in [-0.39, 0.29) is 0 Å². The van der Waals surface area contributed by atoms with Crippen LogP contribution in [-0.2, 0) is 4.74 Å². The van der Waals surface area contributed by atoms with Crippen molar-refractivity contribution in [2.45, 2.75) is 38.2 Å². The van der Waals surface area contributed by atoms with E-state index in [1.165, 1.54) is 32.1 Å². The smallest absolute Gasteiger partial charge is 0.183 e. The van der Waals surface area contributed by atoms with Gasteiger partial charge in [-0.25, -0.2) is 4.98 Å². The van der Waals surface area contributed by atoms with Gasteiger partial charge in [0.25, 0.3) is 0 Å². The Hall–Kier alpha value is -1.33. The minimum absolute atomic E-state index is 0.472. The maximum Gasteiger partial charge on any atom is 0.183 e. The van der Waals surface area contributed by atoms with Gasteiger partial charge in [-0.3, -0.25) is 0 Å². The van der Waals surface area contributed by atoms with E-state index in [2.05, 4.69) is 10.3 Å². The number of methoxy groups -OCH3 is 1. The standard InChI is InChI=1S/C16H22N2O2S/c1-19-13-7-8-14-15(11-13)21-16(18-14)17-9-10-20-12-5-3-2-4-6-12/h7-8,11-12H,2-6,9-10H2,1H3,(H,17,18). The summed E-state index contributed by atoms with van der Waals surface area (Å²) in [5.41, 5.74) is 1.01. The Bertz CT molecular complexity index is 579. The molecule has 1 aliphatic rings. The second-order valence-electron chi connectivity index (χ2n) is 5.41. The van der Waals surface area contributed by atoms with Crippen molar-refractivity contribution in [3.63, 3.8) is 0 Å². The molecule has 1 aliphatic carbocycles. The average Bonchev–Trinajstić information content (AvgIpc) is 2.94. The van der Waals surface area contributed by atoms with Crippen LogP contribution in [0, 0.1) is 0 Å². The van der Waals surface area contributed by atoms with Crippen molar-refractivity contribution in [2.24, 2.45) is 0 Å². The summed E-state index contributed by atoms with van der Waals surface area (Å²) < 4.78 is 12.3. The summed E-state index contributed by atoms with van der Waals surface area (Å²) in [4.78, 5) is 4.57. The SMILES string of the molecule is COc1ccc2nc(NCCOC3CCCCC3)sc2c1. The Labute approximate surface area is 129 Å². The van der Waals surface area contributed by atoms with Gasteiger partial charge in [0.2, 0.25) is 0 Å². The molecule has 0 radical (unpaired) electrons. The molecular formula is C16H22N2O2S. The van der Waals surface area contributed by atoms with E-state index in [4.69, 9.17) is 9.47 Å². The molecular weight excluding hydrogens is 284 g/mol. The lowest BCUT2D eigenvalue weighted by Crippen LogP contribution is -2.20. The fourth-order valence-corrected chi connectivity index (χ4v) is 3.64. The molecule has 1 N–H and O–H groups in total. The van der Waals surface area contributed by atoms with Gasteiger partial charge >= 0.3 is 0 Å². The van der Waals surface area contributed by atoms with Crippen LogP contribution in [0.1, 0.15) is 32.1 Å². The van der Waals surface area contributed by atoms with E-state index in [9.17, 15) is 0 Å². The molecule has 3 rings (SSSR count). The van der Waals surface area contributed by atoms with Gasteiger partial charge in [0, 0.05) is 6.54 Å². The third kappa shape index (κ3) is 3.86. The summed E-state index contributed by atoms with van der Waals surface area (Å²) in [6.07, 6.45) is 6.92. The molecule has 2 aromatic rings. The highest BCUT2D eigenvalue weighted by Gasteiger charge is 2.13. The Kier molecular flexibility index (Phi) is 4.93.